The van der Waals surface area contributed by atoms with Crippen molar-refractivity contribution in [2.75, 3.05) is 13.1 Å². The minimum atomic E-state index is 0.208. The smallest absolute Gasteiger partial charge is 0.224 e. The van der Waals surface area contributed by atoms with E-state index in [1.54, 1.807) is 6.20 Å². The lowest BCUT2D eigenvalue weighted by Gasteiger charge is -2.32. The Hall–Kier alpha value is -2.70. The maximum atomic E-state index is 12.7. The van der Waals surface area contributed by atoms with E-state index in [0.717, 1.165) is 49.6 Å². The minimum absolute atomic E-state index is 0.208. The van der Waals surface area contributed by atoms with Gasteiger partial charge in [-0.15, -0.1) is 10.2 Å². The summed E-state index contributed by atoms with van der Waals surface area (Å²) in [5.74, 6) is 2.44. The van der Waals surface area contributed by atoms with Crippen molar-refractivity contribution >= 4 is 11.6 Å². The Morgan fingerprint density at radius 2 is 2.19 bits per heavy atom. The van der Waals surface area contributed by atoms with Crippen LogP contribution in [0.1, 0.15) is 43.8 Å². The first-order chi connectivity index (χ1) is 12.8. The lowest BCUT2D eigenvalue weighted by Crippen LogP contribution is -2.39. The van der Waals surface area contributed by atoms with E-state index in [2.05, 4.69) is 26.7 Å². The average Bonchev–Trinajstić information content (AvgIpc) is 3.32. The maximum Gasteiger partial charge on any atom is 0.224 e. The molecule has 1 fully saturated rings. The molecule has 136 valence electrons. The molecule has 0 unspecified atom stereocenters. The summed E-state index contributed by atoms with van der Waals surface area (Å²) in [5, 5.41) is 8.64. The largest absolute Gasteiger partial charge is 0.342 e. The van der Waals surface area contributed by atoms with Gasteiger partial charge in [0.05, 0.1) is 0 Å². The fraction of sp³-hybridized carbons (Fsp3) is 0.474. The number of piperidine rings is 1. The van der Waals surface area contributed by atoms with Crippen LogP contribution in [0.5, 0.6) is 0 Å². The van der Waals surface area contributed by atoms with E-state index < -0.39 is 0 Å². The van der Waals surface area contributed by atoms with Crippen molar-refractivity contribution in [3.05, 3.63) is 48.4 Å². The molecule has 1 amide bonds. The average molecular weight is 352 g/mol. The van der Waals surface area contributed by atoms with Crippen LogP contribution in [-0.4, -0.2) is 48.0 Å². The normalized spacial score (nSPS) is 17.7. The predicted molar refractivity (Wildman–Crippen MR) is 97.8 cm³/mol. The van der Waals surface area contributed by atoms with Crippen LogP contribution in [0, 0.1) is 0 Å². The van der Waals surface area contributed by atoms with Gasteiger partial charge >= 0.3 is 0 Å². The second kappa shape index (κ2) is 7.27. The van der Waals surface area contributed by atoms with Gasteiger partial charge < -0.3 is 9.47 Å². The second-order valence-electron chi connectivity index (χ2n) is 6.81. The van der Waals surface area contributed by atoms with Crippen LogP contribution < -0.4 is 0 Å². The molecule has 1 aliphatic rings. The molecule has 3 aromatic heterocycles. The molecule has 4 rings (SSSR count). The maximum absolute atomic E-state index is 12.7. The van der Waals surface area contributed by atoms with Gasteiger partial charge in [0.25, 0.3) is 0 Å². The molecule has 3 aromatic rings. The first kappa shape index (κ1) is 16.8. The zero-order valence-electron chi connectivity index (χ0n) is 15.1. The van der Waals surface area contributed by atoms with Crippen LogP contribution in [0.25, 0.3) is 5.65 Å². The zero-order valence-corrected chi connectivity index (χ0v) is 15.1. The molecule has 0 N–H and O–H groups in total. The summed E-state index contributed by atoms with van der Waals surface area (Å²) in [6.07, 6.45) is 9.19. The van der Waals surface area contributed by atoms with Gasteiger partial charge in [-0.05, 0) is 25.0 Å². The second-order valence-corrected chi connectivity index (χ2v) is 6.81. The van der Waals surface area contributed by atoms with Crippen LogP contribution in [0.15, 0.2) is 36.8 Å². The van der Waals surface area contributed by atoms with Gasteiger partial charge in [0.1, 0.15) is 11.6 Å². The lowest BCUT2D eigenvalue weighted by atomic mass is 9.97. The van der Waals surface area contributed by atoms with Crippen LogP contribution in [-0.2, 0) is 17.8 Å². The Bertz CT molecular complexity index is 898. The van der Waals surface area contributed by atoms with E-state index in [9.17, 15) is 4.79 Å². The van der Waals surface area contributed by atoms with Crippen molar-refractivity contribution in [1.82, 2.24) is 29.0 Å². The number of imidazole rings is 1. The van der Waals surface area contributed by atoms with Gasteiger partial charge in [-0.1, -0.05) is 13.0 Å². The number of carbonyl (C=O) groups excluding carboxylic acids is 1. The first-order valence-corrected chi connectivity index (χ1v) is 9.33. The third-order valence-electron chi connectivity index (χ3n) is 5.16. The van der Waals surface area contributed by atoms with Crippen molar-refractivity contribution in [3.8, 4) is 0 Å². The summed E-state index contributed by atoms with van der Waals surface area (Å²) in [4.78, 5) is 19.0. The summed E-state index contributed by atoms with van der Waals surface area (Å²) in [5.41, 5.74) is 0.859. The summed E-state index contributed by atoms with van der Waals surface area (Å²) in [6.45, 7) is 4.32. The molecule has 1 saturated heterocycles. The van der Waals surface area contributed by atoms with Gasteiger partial charge in [0.15, 0.2) is 5.65 Å². The number of nitrogens with zero attached hydrogens (tertiary/aromatic N) is 6. The van der Waals surface area contributed by atoms with Crippen molar-refractivity contribution in [1.29, 1.82) is 0 Å². The molecule has 1 aliphatic heterocycles. The Morgan fingerprint density at radius 3 is 3.08 bits per heavy atom. The van der Waals surface area contributed by atoms with Crippen molar-refractivity contribution in [2.24, 2.45) is 0 Å². The van der Waals surface area contributed by atoms with Gasteiger partial charge in [0.2, 0.25) is 5.91 Å². The van der Waals surface area contributed by atoms with Crippen molar-refractivity contribution in [3.63, 3.8) is 0 Å². The zero-order chi connectivity index (χ0) is 17.9. The highest BCUT2D eigenvalue weighted by Crippen LogP contribution is 2.26. The Kier molecular flexibility index (Phi) is 4.69. The highest BCUT2D eigenvalue weighted by Gasteiger charge is 2.27. The molecule has 1 atom stereocenters. The quantitative estimate of drug-likeness (QED) is 0.706. The van der Waals surface area contributed by atoms with Crippen molar-refractivity contribution in [2.45, 2.75) is 45.1 Å². The fourth-order valence-corrected chi connectivity index (χ4v) is 3.78. The van der Waals surface area contributed by atoms with Gasteiger partial charge in [-0.2, -0.15) is 0 Å². The molecule has 0 spiro atoms. The molecule has 7 heteroatoms. The van der Waals surface area contributed by atoms with E-state index in [4.69, 9.17) is 0 Å². The summed E-state index contributed by atoms with van der Waals surface area (Å²) < 4.78 is 4.11. The van der Waals surface area contributed by atoms with E-state index in [-0.39, 0.29) is 11.8 Å². The fourth-order valence-electron chi connectivity index (χ4n) is 3.78. The van der Waals surface area contributed by atoms with E-state index in [1.165, 1.54) is 0 Å². The molecule has 0 aromatic carbocycles. The third-order valence-corrected chi connectivity index (χ3v) is 5.16. The van der Waals surface area contributed by atoms with Crippen LogP contribution in [0.2, 0.25) is 0 Å². The third kappa shape index (κ3) is 3.21. The summed E-state index contributed by atoms with van der Waals surface area (Å²) in [6, 6.07) is 5.91. The standard InChI is InChI=1S/C19H24N6O/c1-2-16-20-9-13-23(16)12-8-18(26)24-10-5-6-15(14-24)19-22-21-17-7-3-4-11-25(17)19/h3-4,7,9,11,13,15H,2,5-6,8,10,12,14H2,1H3/t15-/m0/s1. The van der Waals surface area contributed by atoms with Gasteiger partial charge in [-0.25, -0.2) is 4.98 Å². The highest BCUT2D eigenvalue weighted by molar-refractivity contribution is 5.76. The van der Waals surface area contributed by atoms with Gasteiger partial charge in [-0.3, -0.25) is 9.20 Å². The number of rotatable bonds is 5. The predicted octanol–water partition coefficient (Wildman–Crippen LogP) is 2.28. The Morgan fingerprint density at radius 1 is 1.27 bits per heavy atom. The number of fused-ring (bicyclic) bond motifs is 1. The first-order valence-electron chi connectivity index (χ1n) is 9.33. The molecule has 26 heavy (non-hydrogen) atoms. The minimum Gasteiger partial charge on any atom is -0.342 e. The molecule has 0 saturated carbocycles. The van der Waals surface area contributed by atoms with E-state index in [1.807, 2.05) is 39.9 Å². The molecule has 0 bridgehead atoms. The molecular weight excluding hydrogens is 328 g/mol. The molecular formula is C19H24N6O. The number of likely N-dealkylation sites (tertiary alicyclic amines) is 1. The van der Waals surface area contributed by atoms with Crippen LogP contribution >= 0.6 is 0 Å². The number of aryl methyl sites for hydroxylation is 2. The van der Waals surface area contributed by atoms with Crippen LogP contribution in [0.4, 0.5) is 0 Å². The number of pyridine rings is 1. The Balaban J connectivity index is 1.42. The van der Waals surface area contributed by atoms with E-state index in [0.29, 0.717) is 13.0 Å². The van der Waals surface area contributed by atoms with Crippen LogP contribution in [0.3, 0.4) is 0 Å². The SMILES string of the molecule is CCc1nccn1CCC(=O)N1CCC[C@H](c2nnc3ccccn23)C1. The number of carbonyl (C=O) groups is 1. The van der Waals surface area contributed by atoms with Crippen molar-refractivity contribution < 1.29 is 4.79 Å². The molecule has 0 aliphatic carbocycles. The van der Waals surface area contributed by atoms with E-state index >= 15 is 0 Å². The number of amides is 1. The Labute approximate surface area is 152 Å². The number of hydrogen-bond donors (Lipinski definition) is 0. The topological polar surface area (TPSA) is 68.3 Å². The molecule has 0 radical (unpaired) electrons. The lowest BCUT2D eigenvalue weighted by molar-refractivity contribution is -0.132. The monoisotopic (exact) mass is 352 g/mol. The molecule has 4 heterocycles. The summed E-state index contributed by atoms with van der Waals surface area (Å²) in [7, 11) is 0. The molecule has 7 nitrogen and oxygen atoms in total. The van der Waals surface area contributed by atoms with Gasteiger partial charge in [0, 0.05) is 57.0 Å². The number of hydrogen-bond acceptors (Lipinski definition) is 4. The number of aromatic nitrogens is 5. The summed E-state index contributed by atoms with van der Waals surface area (Å²) >= 11 is 0. The highest BCUT2D eigenvalue weighted by atomic mass is 16.2.